The van der Waals surface area contributed by atoms with Crippen LogP contribution in [0.3, 0.4) is 0 Å². The van der Waals surface area contributed by atoms with E-state index < -0.39 is 0 Å². The van der Waals surface area contributed by atoms with Crippen molar-refractivity contribution in [2.45, 2.75) is 136 Å². The number of hydrogen-bond donors (Lipinski definition) is 0. The van der Waals surface area contributed by atoms with Crippen LogP contribution in [0.5, 0.6) is 0 Å². The fraction of sp³-hybridized carbons (Fsp3) is 1.00. The average molecular weight is 397 g/mol. The van der Waals surface area contributed by atoms with Gasteiger partial charge in [-0.1, -0.05) is 97.3 Å². The molecule has 1 aliphatic rings. The summed E-state index contributed by atoms with van der Waals surface area (Å²) in [5, 5.41) is 0. The summed E-state index contributed by atoms with van der Waals surface area (Å²) < 4.78 is 11.9. The molecule has 1 aliphatic carbocycles. The van der Waals surface area contributed by atoms with Crippen LogP contribution in [0.1, 0.15) is 130 Å². The van der Waals surface area contributed by atoms with E-state index in [1.54, 1.807) is 0 Å². The highest BCUT2D eigenvalue weighted by Gasteiger charge is 2.26. The molecule has 28 heavy (non-hydrogen) atoms. The minimum Gasteiger partial charge on any atom is -0.381 e. The maximum atomic E-state index is 6.22. The van der Waals surface area contributed by atoms with Crippen molar-refractivity contribution in [3.05, 3.63) is 0 Å². The molecule has 0 aromatic heterocycles. The Kier molecular flexibility index (Phi) is 17.5. The molecule has 1 fully saturated rings. The van der Waals surface area contributed by atoms with E-state index in [-0.39, 0.29) is 0 Å². The Hall–Kier alpha value is -0.0800. The zero-order valence-electron chi connectivity index (χ0n) is 19.7. The van der Waals surface area contributed by atoms with Crippen molar-refractivity contribution in [1.82, 2.24) is 0 Å². The first kappa shape index (κ1) is 26.0. The second kappa shape index (κ2) is 18.9. The molecular formula is C26H52O2. The highest BCUT2D eigenvalue weighted by atomic mass is 16.5. The lowest BCUT2D eigenvalue weighted by molar-refractivity contribution is -0.0215. The Balaban J connectivity index is 1.83. The van der Waals surface area contributed by atoms with Gasteiger partial charge in [0.2, 0.25) is 0 Å². The largest absolute Gasteiger partial charge is 0.381 e. The van der Waals surface area contributed by atoms with Crippen LogP contribution >= 0.6 is 0 Å². The lowest BCUT2D eigenvalue weighted by atomic mass is 9.81. The van der Waals surface area contributed by atoms with E-state index in [4.69, 9.17) is 9.47 Å². The second-order valence-electron chi connectivity index (χ2n) is 9.43. The summed E-state index contributed by atoms with van der Waals surface area (Å²) in [5.74, 6) is 1.51. The van der Waals surface area contributed by atoms with E-state index in [9.17, 15) is 0 Å². The van der Waals surface area contributed by atoms with E-state index in [1.807, 2.05) is 0 Å². The average Bonchev–Trinajstić information content (AvgIpc) is 2.69. The molecule has 168 valence electrons. The van der Waals surface area contributed by atoms with E-state index >= 15 is 0 Å². The van der Waals surface area contributed by atoms with Gasteiger partial charge in [-0.3, -0.25) is 0 Å². The van der Waals surface area contributed by atoms with Crippen LogP contribution in [0.4, 0.5) is 0 Å². The highest BCUT2D eigenvalue weighted by molar-refractivity contribution is 4.77. The van der Waals surface area contributed by atoms with Crippen LogP contribution in [-0.2, 0) is 9.47 Å². The summed E-state index contributed by atoms with van der Waals surface area (Å²) in [6.07, 6.45) is 24.1. The predicted octanol–water partition coefficient (Wildman–Crippen LogP) is 8.33. The third-order valence-corrected chi connectivity index (χ3v) is 6.41. The third-order valence-electron chi connectivity index (χ3n) is 6.41. The molecule has 3 atom stereocenters. The molecule has 0 N–H and O–H groups in total. The van der Waals surface area contributed by atoms with Gasteiger partial charge in [-0.25, -0.2) is 0 Å². The second-order valence-corrected chi connectivity index (χ2v) is 9.43. The smallest absolute Gasteiger partial charge is 0.0581 e. The van der Waals surface area contributed by atoms with Crippen LogP contribution < -0.4 is 0 Å². The Morgan fingerprint density at radius 3 is 1.71 bits per heavy atom. The first-order valence-electron chi connectivity index (χ1n) is 13.0. The van der Waals surface area contributed by atoms with Crippen molar-refractivity contribution in [1.29, 1.82) is 0 Å². The summed E-state index contributed by atoms with van der Waals surface area (Å²) in [7, 11) is 0. The van der Waals surface area contributed by atoms with Crippen molar-refractivity contribution in [2.75, 3.05) is 19.8 Å². The fourth-order valence-electron chi connectivity index (χ4n) is 4.78. The molecule has 0 aromatic carbocycles. The molecule has 2 nitrogen and oxygen atoms in total. The molecule has 0 aliphatic heterocycles. The normalized spacial score (nSPS) is 22.6. The lowest BCUT2D eigenvalue weighted by Crippen LogP contribution is -2.30. The van der Waals surface area contributed by atoms with Gasteiger partial charge in [-0.15, -0.1) is 0 Å². The molecule has 0 radical (unpaired) electrons. The Bertz CT molecular complexity index is 318. The van der Waals surface area contributed by atoms with Gasteiger partial charge in [-0.2, -0.15) is 0 Å². The zero-order valence-corrected chi connectivity index (χ0v) is 19.7. The van der Waals surface area contributed by atoms with Gasteiger partial charge in [0.25, 0.3) is 0 Å². The molecule has 1 saturated carbocycles. The van der Waals surface area contributed by atoms with Crippen molar-refractivity contribution in [3.8, 4) is 0 Å². The summed E-state index contributed by atoms with van der Waals surface area (Å²) in [6, 6.07) is 0. The van der Waals surface area contributed by atoms with Crippen molar-refractivity contribution in [2.24, 2.45) is 11.8 Å². The first-order valence-corrected chi connectivity index (χ1v) is 13.0. The molecule has 0 amide bonds. The molecule has 0 saturated heterocycles. The summed E-state index contributed by atoms with van der Waals surface area (Å²) in [4.78, 5) is 0. The van der Waals surface area contributed by atoms with E-state index in [0.717, 1.165) is 25.7 Å². The van der Waals surface area contributed by atoms with Gasteiger partial charge in [0, 0.05) is 19.8 Å². The fourth-order valence-corrected chi connectivity index (χ4v) is 4.78. The molecule has 0 spiro atoms. The van der Waals surface area contributed by atoms with Crippen LogP contribution in [0, 0.1) is 11.8 Å². The van der Waals surface area contributed by atoms with Crippen LogP contribution in [0.2, 0.25) is 0 Å². The monoisotopic (exact) mass is 396 g/mol. The Morgan fingerprint density at radius 2 is 1.18 bits per heavy atom. The highest BCUT2D eigenvalue weighted by Crippen LogP contribution is 2.31. The van der Waals surface area contributed by atoms with E-state index in [0.29, 0.717) is 12.0 Å². The molecule has 3 unspecified atom stereocenters. The van der Waals surface area contributed by atoms with Gasteiger partial charge < -0.3 is 9.47 Å². The van der Waals surface area contributed by atoms with Gasteiger partial charge in [0.15, 0.2) is 0 Å². The van der Waals surface area contributed by atoms with Gasteiger partial charge in [0.1, 0.15) is 0 Å². The standard InChI is InChI=1S/C26H52O2/c1-4-6-7-8-9-10-11-12-13-14-15-16-17-18-19-28-26-21-24(3)20-25(22-26)23-27-5-2/h24-26H,4-23H2,1-3H3. The van der Waals surface area contributed by atoms with Gasteiger partial charge in [0.05, 0.1) is 6.10 Å². The zero-order chi connectivity index (χ0) is 20.3. The minimum absolute atomic E-state index is 0.483. The van der Waals surface area contributed by atoms with E-state index in [1.165, 1.54) is 109 Å². The molecule has 0 heterocycles. The minimum atomic E-state index is 0.483. The maximum Gasteiger partial charge on any atom is 0.0581 e. The maximum absolute atomic E-state index is 6.22. The quantitative estimate of drug-likeness (QED) is 0.204. The summed E-state index contributed by atoms with van der Waals surface area (Å²) in [5.41, 5.74) is 0. The molecular weight excluding hydrogens is 344 g/mol. The summed E-state index contributed by atoms with van der Waals surface area (Å²) in [6.45, 7) is 9.51. The molecule has 2 heteroatoms. The van der Waals surface area contributed by atoms with E-state index in [2.05, 4.69) is 20.8 Å². The molecule has 0 bridgehead atoms. The van der Waals surface area contributed by atoms with Crippen molar-refractivity contribution in [3.63, 3.8) is 0 Å². The lowest BCUT2D eigenvalue weighted by Gasteiger charge is -2.33. The number of unbranched alkanes of at least 4 members (excludes halogenated alkanes) is 13. The van der Waals surface area contributed by atoms with Crippen LogP contribution in [0.25, 0.3) is 0 Å². The number of rotatable bonds is 19. The van der Waals surface area contributed by atoms with Gasteiger partial charge >= 0.3 is 0 Å². The third kappa shape index (κ3) is 14.9. The Labute approximate surface area is 177 Å². The van der Waals surface area contributed by atoms with Gasteiger partial charge in [-0.05, 0) is 44.4 Å². The number of hydrogen-bond acceptors (Lipinski definition) is 2. The number of ether oxygens (including phenoxy) is 2. The first-order chi connectivity index (χ1) is 13.8. The van der Waals surface area contributed by atoms with Crippen LogP contribution in [-0.4, -0.2) is 25.9 Å². The summed E-state index contributed by atoms with van der Waals surface area (Å²) >= 11 is 0. The Morgan fingerprint density at radius 1 is 0.643 bits per heavy atom. The predicted molar refractivity (Wildman–Crippen MR) is 123 cm³/mol. The molecule has 1 rings (SSSR count). The van der Waals surface area contributed by atoms with Crippen LogP contribution in [0.15, 0.2) is 0 Å². The van der Waals surface area contributed by atoms with Crippen molar-refractivity contribution >= 4 is 0 Å². The topological polar surface area (TPSA) is 18.5 Å². The molecule has 0 aromatic rings. The SMILES string of the molecule is CCCCCCCCCCCCCCCCOC1CC(C)CC(COCC)C1. The van der Waals surface area contributed by atoms with Crippen molar-refractivity contribution < 1.29 is 9.47 Å².